The van der Waals surface area contributed by atoms with Gasteiger partial charge in [-0.1, -0.05) is 0 Å². The summed E-state index contributed by atoms with van der Waals surface area (Å²) in [6.07, 6.45) is -0.994. The highest BCUT2D eigenvalue weighted by atomic mass is 31.1. The standard InChI is InChI=1S/C25H25F3N3O7P/c1-3-30(4-2)19-8-5-16-11-17(23(34)38-21(16)12-19)6-7-18-9-10-20(13-31(18)14-22(32)33)39(36)37-15-29-24(35)25(26,27)28/h5-13,39H,3-4,14-15H2,1-2H3,(H-,29,32,33,35)/p+1. The van der Waals surface area contributed by atoms with Gasteiger partial charge in [0.25, 0.3) is 0 Å². The van der Waals surface area contributed by atoms with Crippen LogP contribution in [0.3, 0.4) is 0 Å². The van der Waals surface area contributed by atoms with Gasteiger partial charge in [-0.15, -0.1) is 0 Å². The Bertz CT molecular complexity index is 1480. The number of carboxylic acids is 1. The second-order valence-electron chi connectivity index (χ2n) is 8.16. The zero-order valence-electron chi connectivity index (χ0n) is 20.9. The normalized spacial score (nSPS) is 12.5. The molecule has 2 N–H and O–H groups in total. The van der Waals surface area contributed by atoms with Crippen molar-refractivity contribution in [2.24, 2.45) is 0 Å². The van der Waals surface area contributed by atoms with Gasteiger partial charge in [-0.2, -0.15) is 17.7 Å². The average molecular weight is 568 g/mol. The van der Waals surface area contributed by atoms with Crippen molar-refractivity contribution in [2.45, 2.75) is 26.6 Å². The number of pyridine rings is 1. The van der Waals surface area contributed by atoms with Crippen molar-refractivity contribution in [1.29, 1.82) is 0 Å². The number of amides is 1. The number of halogens is 3. The zero-order chi connectivity index (χ0) is 28.7. The van der Waals surface area contributed by atoms with Gasteiger partial charge in [0, 0.05) is 42.4 Å². The molecule has 0 bridgehead atoms. The molecule has 1 amide bonds. The first-order valence-electron chi connectivity index (χ1n) is 11.7. The Morgan fingerprint density at radius 3 is 2.51 bits per heavy atom. The van der Waals surface area contributed by atoms with Gasteiger partial charge in [-0.3, -0.25) is 9.36 Å². The van der Waals surface area contributed by atoms with Gasteiger partial charge in [0.1, 0.15) is 12.3 Å². The van der Waals surface area contributed by atoms with Gasteiger partial charge in [0.2, 0.25) is 20.3 Å². The SMILES string of the molecule is CCN(CC)c1ccc2cc(/C=C/c3ccc([PH](=O)OCNC(=O)C(F)(F)F)c[n+]3CC(=O)O)c(=O)oc2c1. The molecule has 39 heavy (non-hydrogen) atoms. The molecule has 0 aliphatic carbocycles. The second-order valence-corrected chi connectivity index (χ2v) is 9.60. The number of hydrogen-bond acceptors (Lipinski definition) is 7. The van der Waals surface area contributed by atoms with Crippen LogP contribution < -0.4 is 25.7 Å². The van der Waals surface area contributed by atoms with Crippen LogP contribution in [-0.4, -0.2) is 43.0 Å². The molecular weight excluding hydrogens is 542 g/mol. The number of carboxylic acid groups (broad SMARTS) is 1. The molecule has 0 saturated carbocycles. The Labute approximate surface area is 221 Å². The molecule has 0 saturated heterocycles. The number of carbonyl (C=O) groups excluding carboxylic acids is 1. The monoisotopic (exact) mass is 568 g/mol. The first kappa shape index (κ1) is 29.6. The van der Waals surface area contributed by atoms with Crippen LogP contribution in [0.2, 0.25) is 0 Å². The van der Waals surface area contributed by atoms with Crippen LogP contribution in [0.1, 0.15) is 25.1 Å². The number of nitrogens with one attached hydrogen (secondary N) is 1. The summed E-state index contributed by atoms with van der Waals surface area (Å²) >= 11 is 0. The second kappa shape index (κ2) is 12.7. The van der Waals surface area contributed by atoms with Gasteiger partial charge >= 0.3 is 23.7 Å². The molecule has 208 valence electrons. The first-order chi connectivity index (χ1) is 18.4. The highest BCUT2D eigenvalue weighted by Gasteiger charge is 2.38. The third-order valence-corrected chi connectivity index (χ3v) is 6.78. The van der Waals surface area contributed by atoms with E-state index in [1.54, 1.807) is 12.1 Å². The molecule has 1 aromatic carbocycles. The molecule has 0 fully saturated rings. The van der Waals surface area contributed by atoms with Crippen molar-refractivity contribution in [3.05, 3.63) is 64.3 Å². The minimum atomic E-state index is -5.12. The number of benzene rings is 1. The molecule has 2 heterocycles. The summed E-state index contributed by atoms with van der Waals surface area (Å²) in [5.41, 5.74) is 1.26. The van der Waals surface area contributed by atoms with Crippen molar-refractivity contribution >= 4 is 54.0 Å². The lowest BCUT2D eigenvalue weighted by Crippen LogP contribution is -2.42. The predicted molar refractivity (Wildman–Crippen MR) is 138 cm³/mol. The Balaban J connectivity index is 1.83. The summed E-state index contributed by atoms with van der Waals surface area (Å²) in [6.45, 7) is 4.12. The lowest BCUT2D eigenvalue weighted by atomic mass is 10.1. The topological polar surface area (TPSA) is 130 Å². The van der Waals surface area contributed by atoms with E-state index in [-0.39, 0.29) is 10.9 Å². The van der Waals surface area contributed by atoms with E-state index in [0.29, 0.717) is 16.7 Å². The molecule has 14 heteroatoms. The molecule has 0 radical (unpaired) electrons. The predicted octanol–water partition coefficient (Wildman–Crippen LogP) is 2.93. The van der Waals surface area contributed by atoms with E-state index in [4.69, 9.17) is 8.94 Å². The molecule has 3 aromatic rings. The summed E-state index contributed by atoms with van der Waals surface area (Å²) in [5, 5.41) is 11.4. The highest BCUT2D eigenvalue weighted by Crippen LogP contribution is 2.23. The maximum absolute atomic E-state index is 12.6. The van der Waals surface area contributed by atoms with E-state index in [9.17, 15) is 37.2 Å². The maximum Gasteiger partial charge on any atom is 0.471 e. The van der Waals surface area contributed by atoms with Crippen molar-refractivity contribution in [3.63, 3.8) is 0 Å². The van der Waals surface area contributed by atoms with E-state index in [2.05, 4.69) is 4.90 Å². The van der Waals surface area contributed by atoms with Gasteiger partial charge in [-0.05, 0) is 44.2 Å². The fourth-order valence-corrected chi connectivity index (χ4v) is 4.51. The van der Waals surface area contributed by atoms with Crippen LogP contribution in [0, 0.1) is 0 Å². The van der Waals surface area contributed by atoms with Crippen LogP contribution in [-0.2, 0) is 25.2 Å². The molecule has 10 nitrogen and oxygen atoms in total. The van der Waals surface area contributed by atoms with Crippen molar-refractivity contribution in [1.82, 2.24) is 5.32 Å². The number of alkyl halides is 3. The molecule has 0 aliphatic rings. The molecule has 1 atom stereocenters. The Kier molecular flexibility index (Phi) is 9.66. The van der Waals surface area contributed by atoms with Crippen LogP contribution in [0.15, 0.2) is 51.8 Å². The fourth-order valence-electron chi connectivity index (χ4n) is 3.65. The van der Waals surface area contributed by atoms with E-state index in [1.165, 1.54) is 40.4 Å². The van der Waals surface area contributed by atoms with Gasteiger partial charge in [-0.25, -0.2) is 9.59 Å². The largest absolute Gasteiger partial charge is 0.477 e. The van der Waals surface area contributed by atoms with Crippen molar-refractivity contribution in [2.75, 3.05) is 24.7 Å². The van der Waals surface area contributed by atoms with Crippen LogP contribution in [0.5, 0.6) is 0 Å². The number of aliphatic carboxylic acids is 1. The van der Waals surface area contributed by atoms with Crippen molar-refractivity contribution in [3.8, 4) is 0 Å². The fraction of sp³-hybridized carbons (Fsp3) is 0.280. The number of carbonyl (C=O) groups is 2. The number of fused-ring (bicyclic) bond motifs is 1. The van der Waals surface area contributed by atoms with Gasteiger partial charge in [0.15, 0.2) is 6.20 Å². The third kappa shape index (κ3) is 7.78. The van der Waals surface area contributed by atoms with E-state index >= 15 is 0 Å². The van der Waals surface area contributed by atoms with E-state index < -0.39 is 45.0 Å². The lowest BCUT2D eigenvalue weighted by Gasteiger charge is -2.20. The van der Waals surface area contributed by atoms with Crippen molar-refractivity contribution < 1.29 is 45.9 Å². The average Bonchev–Trinajstić information content (AvgIpc) is 2.87. The van der Waals surface area contributed by atoms with Crippen LogP contribution >= 0.6 is 8.03 Å². The smallest absolute Gasteiger partial charge is 0.471 e. The van der Waals surface area contributed by atoms with Crippen LogP contribution in [0.4, 0.5) is 18.9 Å². The minimum absolute atomic E-state index is 0.00823. The summed E-state index contributed by atoms with van der Waals surface area (Å²) in [7, 11) is -3.13. The molecule has 1 unspecified atom stereocenters. The summed E-state index contributed by atoms with van der Waals surface area (Å²) < 4.78 is 60.6. The van der Waals surface area contributed by atoms with Crippen LogP contribution in [0.25, 0.3) is 23.1 Å². The maximum atomic E-state index is 12.6. The summed E-state index contributed by atoms with van der Waals surface area (Å²) in [6, 6.07) is 9.92. The van der Waals surface area contributed by atoms with Gasteiger partial charge < -0.3 is 24.3 Å². The Morgan fingerprint density at radius 1 is 1.15 bits per heavy atom. The molecule has 3 rings (SSSR count). The van der Waals surface area contributed by atoms with E-state index in [0.717, 1.165) is 18.8 Å². The van der Waals surface area contributed by atoms with E-state index in [1.807, 2.05) is 26.0 Å². The number of aromatic nitrogens is 1. The third-order valence-electron chi connectivity index (χ3n) is 5.60. The molecular formula is C25H26F3N3O7P+. The number of anilines is 1. The molecule has 0 spiro atoms. The highest BCUT2D eigenvalue weighted by molar-refractivity contribution is 7.48. The minimum Gasteiger partial charge on any atom is -0.477 e. The lowest BCUT2D eigenvalue weighted by molar-refractivity contribution is -0.686. The summed E-state index contributed by atoms with van der Waals surface area (Å²) in [5.74, 6) is -3.47. The summed E-state index contributed by atoms with van der Waals surface area (Å²) in [4.78, 5) is 36.9. The first-order valence-corrected chi connectivity index (χ1v) is 13.0. The number of nitrogens with zero attached hydrogens (tertiary/aromatic N) is 2. The number of hydrogen-bond donors (Lipinski definition) is 2. The number of rotatable bonds is 11. The zero-order valence-corrected chi connectivity index (χ0v) is 21.9. The van der Waals surface area contributed by atoms with Gasteiger partial charge in [0.05, 0.1) is 10.9 Å². The molecule has 2 aromatic heterocycles. The Hall–Kier alpha value is -3.96. The molecule has 0 aliphatic heterocycles. The quantitative estimate of drug-likeness (QED) is 0.156. The Morgan fingerprint density at radius 2 is 1.87 bits per heavy atom.